The zero-order valence-electron chi connectivity index (χ0n) is 17.0. The zero-order valence-corrected chi connectivity index (χ0v) is 17.9. The number of nitrogens with one attached hydrogen (secondary N) is 2. The number of carbonyl (C=O) groups is 3. The third kappa shape index (κ3) is 4.00. The molecule has 3 rings (SSSR count). The van der Waals surface area contributed by atoms with Crippen molar-refractivity contribution < 1.29 is 14.4 Å². The first-order valence-corrected chi connectivity index (χ1v) is 10.5. The Hall–Kier alpha value is -2.80. The van der Waals surface area contributed by atoms with Gasteiger partial charge in [-0.3, -0.25) is 15.0 Å². The Morgan fingerprint density at radius 3 is 2.31 bits per heavy atom. The number of benzene rings is 2. The molecule has 152 valence electrons. The van der Waals surface area contributed by atoms with Gasteiger partial charge in [-0.15, -0.1) is 11.8 Å². The second kappa shape index (κ2) is 8.29. The number of urea groups is 1. The number of imide groups is 1. The fraction of sp³-hybridized carbons (Fsp3) is 0.318. The van der Waals surface area contributed by atoms with Crippen molar-refractivity contribution in [1.82, 2.24) is 15.8 Å². The van der Waals surface area contributed by atoms with Crippen LogP contribution in [0.4, 0.5) is 4.79 Å². The summed E-state index contributed by atoms with van der Waals surface area (Å²) >= 11 is 1.40. The summed E-state index contributed by atoms with van der Waals surface area (Å²) in [5.74, 6) is -0.776. The van der Waals surface area contributed by atoms with E-state index in [1.54, 1.807) is 12.1 Å². The van der Waals surface area contributed by atoms with E-state index in [1.165, 1.54) is 17.3 Å². The van der Waals surface area contributed by atoms with Crippen molar-refractivity contribution in [1.29, 1.82) is 0 Å². The van der Waals surface area contributed by atoms with Crippen LogP contribution in [0.5, 0.6) is 0 Å². The lowest BCUT2D eigenvalue weighted by Crippen LogP contribution is -2.49. The summed E-state index contributed by atoms with van der Waals surface area (Å²) in [6.07, 6.45) is 0.379. The summed E-state index contributed by atoms with van der Waals surface area (Å²) in [5.41, 5.74) is 5.37. The van der Waals surface area contributed by atoms with E-state index >= 15 is 0 Å². The van der Waals surface area contributed by atoms with Gasteiger partial charge < -0.3 is 5.32 Å². The Bertz CT molecular complexity index is 938. The lowest BCUT2D eigenvalue weighted by atomic mass is 9.87. The molecule has 0 spiro atoms. The Morgan fingerprint density at radius 2 is 1.72 bits per heavy atom. The molecule has 0 bridgehead atoms. The molecule has 1 aliphatic rings. The number of carbonyl (C=O) groups excluding carboxylic acids is 3. The quantitative estimate of drug-likeness (QED) is 0.562. The maximum atomic E-state index is 13.0. The number of nitrogens with zero attached hydrogens (tertiary/aromatic N) is 1. The fourth-order valence-electron chi connectivity index (χ4n) is 3.73. The lowest BCUT2D eigenvalue weighted by Gasteiger charge is -2.25. The van der Waals surface area contributed by atoms with Gasteiger partial charge in [0.15, 0.2) is 0 Å². The average molecular weight is 412 g/mol. The second-order valence-corrected chi connectivity index (χ2v) is 8.23. The molecule has 0 aliphatic carbocycles. The number of hydrazine groups is 1. The van der Waals surface area contributed by atoms with E-state index in [2.05, 4.69) is 22.9 Å². The van der Waals surface area contributed by atoms with Crippen LogP contribution >= 0.6 is 11.8 Å². The highest BCUT2D eigenvalue weighted by Crippen LogP contribution is 2.32. The smallest absolute Gasteiger partial charge is 0.318 e. The molecule has 1 atom stereocenters. The van der Waals surface area contributed by atoms with Gasteiger partial charge in [0.05, 0.1) is 5.75 Å². The minimum atomic E-state index is -1.16. The number of amides is 4. The van der Waals surface area contributed by atoms with Gasteiger partial charge in [-0.25, -0.2) is 4.79 Å². The molecule has 4 amide bonds. The van der Waals surface area contributed by atoms with Gasteiger partial charge in [0.2, 0.25) is 5.91 Å². The van der Waals surface area contributed by atoms with Crippen molar-refractivity contribution in [2.45, 2.75) is 44.6 Å². The number of hydrogen-bond donors (Lipinski definition) is 2. The summed E-state index contributed by atoms with van der Waals surface area (Å²) in [4.78, 5) is 39.0. The SMILES string of the molecule is CC[C@]1(c2ccccc2)NC(=O)N(NC(=O)CSc2c(C)cc(C)cc2C)C1=O. The second-order valence-electron chi connectivity index (χ2n) is 7.25. The van der Waals surface area contributed by atoms with Gasteiger partial charge in [0.25, 0.3) is 5.91 Å². The molecule has 1 saturated heterocycles. The molecule has 2 aromatic rings. The van der Waals surface area contributed by atoms with Crippen LogP contribution in [0.25, 0.3) is 0 Å². The first-order valence-electron chi connectivity index (χ1n) is 9.51. The van der Waals surface area contributed by atoms with Crippen LogP contribution in [0.3, 0.4) is 0 Å². The molecule has 1 fully saturated rings. The summed E-state index contributed by atoms with van der Waals surface area (Å²) < 4.78 is 0. The van der Waals surface area contributed by atoms with Crippen molar-refractivity contribution >= 4 is 29.6 Å². The average Bonchev–Trinajstić information content (AvgIpc) is 2.93. The van der Waals surface area contributed by atoms with E-state index < -0.39 is 23.4 Å². The van der Waals surface area contributed by atoms with Crippen molar-refractivity contribution in [3.63, 3.8) is 0 Å². The molecule has 2 N–H and O–H groups in total. The van der Waals surface area contributed by atoms with Crippen molar-refractivity contribution in [2.24, 2.45) is 0 Å². The standard InChI is InChI=1S/C22H25N3O3S/c1-5-22(17-9-7-6-8-10-17)20(27)25(21(28)23-22)24-18(26)13-29-19-15(3)11-14(2)12-16(19)4/h6-12H,5,13H2,1-4H3,(H,23,28)(H,24,26)/t22-/m1/s1. The van der Waals surface area contributed by atoms with Crippen LogP contribution in [0.15, 0.2) is 47.4 Å². The van der Waals surface area contributed by atoms with E-state index in [0.29, 0.717) is 12.0 Å². The molecule has 1 aliphatic heterocycles. The van der Waals surface area contributed by atoms with Crippen LogP contribution in [0, 0.1) is 20.8 Å². The Labute approximate surface area is 175 Å². The number of rotatable bonds is 6. The van der Waals surface area contributed by atoms with Crippen LogP contribution < -0.4 is 10.7 Å². The molecule has 0 aromatic heterocycles. The van der Waals surface area contributed by atoms with Crippen LogP contribution in [0.1, 0.15) is 35.6 Å². The van der Waals surface area contributed by atoms with Crippen LogP contribution in [-0.4, -0.2) is 28.6 Å². The first kappa shape index (κ1) is 20.9. The van der Waals surface area contributed by atoms with Crippen LogP contribution in [0.2, 0.25) is 0 Å². The monoisotopic (exact) mass is 411 g/mol. The van der Waals surface area contributed by atoms with Gasteiger partial charge in [0.1, 0.15) is 5.54 Å². The zero-order chi connectivity index (χ0) is 21.2. The number of hydrogen-bond acceptors (Lipinski definition) is 4. The van der Waals surface area contributed by atoms with E-state index in [9.17, 15) is 14.4 Å². The molecular weight excluding hydrogens is 386 g/mol. The van der Waals surface area contributed by atoms with Gasteiger partial charge in [0, 0.05) is 4.90 Å². The summed E-state index contributed by atoms with van der Waals surface area (Å²) in [6.45, 7) is 7.88. The Balaban J connectivity index is 1.71. The van der Waals surface area contributed by atoms with Gasteiger partial charge in [-0.1, -0.05) is 55.0 Å². The number of thioether (sulfide) groups is 1. The molecule has 0 saturated carbocycles. The lowest BCUT2D eigenvalue weighted by molar-refractivity contribution is -0.138. The maximum absolute atomic E-state index is 13.0. The van der Waals surface area contributed by atoms with E-state index in [-0.39, 0.29) is 5.75 Å². The van der Waals surface area contributed by atoms with Gasteiger partial charge in [-0.05, 0) is 43.9 Å². The Kier molecular flexibility index (Phi) is 5.98. The highest BCUT2D eigenvalue weighted by atomic mass is 32.2. The molecule has 1 heterocycles. The maximum Gasteiger partial charge on any atom is 0.344 e. The first-order chi connectivity index (χ1) is 13.8. The largest absolute Gasteiger partial charge is 0.344 e. The molecule has 6 nitrogen and oxygen atoms in total. The van der Waals surface area contributed by atoms with Crippen molar-refractivity contribution in [3.8, 4) is 0 Å². The van der Waals surface area contributed by atoms with Crippen LogP contribution in [-0.2, 0) is 15.1 Å². The predicted molar refractivity (Wildman–Crippen MR) is 113 cm³/mol. The third-order valence-corrected chi connectivity index (χ3v) is 6.42. The molecule has 2 aromatic carbocycles. The van der Waals surface area contributed by atoms with E-state index in [1.807, 2.05) is 45.9 Å². The summed E-state index contributed by atoms with van der Waals surface area (Å²) in [7, 11) is 0. The molecule has 7 heteroatoms. The topological polar surface area (TPSA) is 78.5 Å². The fourth-order valence-corrected chi connectivity index (χ4v) is 4.64. The van der Waals surface area contributed by atoms with E-state index in [4.69, 9.17) is 0 Å². The summed E-state index contributed by atoms with van der Waals surface area (Å²) in [6, 6.07) is 12.6. The summed E-state index contributed by atoms with van der Waals surface area (Å²) in [5, 5.41) is 3.55. The minimum absolute atomic E-state index is 0.103. The third-order valence-electron chi connectivity index (χ3n) is 5.08. The number of aryl methyl sites for hydroxylation is 3. The molecule has 0 unspecified atom stereocenters. The van der Waals surface area contributed by atoms with Gasteiger partial charge in [-0.2, -0.15) is 5.01 Å². The normalized spacial score (nSPS) is 18.7. The molecule has 29 heavy (non-hydrogen) atoms. The Morgan fingerprint density at radius 1 is 1.10 bits per heavy atom. The highest BCUT2D eigenvalue weighted by Gasteiger charge is 2.52. The van der Waals surface area contributed by atoms with Crippen molar-refractivity contribution in [3.05, 3.63) is 64.7 Å². The highest BCUT2D eigenvalue weighted by molar-refractivity contribution is 8.00. The van der Waals surface area contributed by atoms with E-state index in [0.717, 1.165) is 21.0 Å². The minimum Gasteiger partial charge on any atom is -0.318 e. The predicted octanol–water partition coefficient (Wildman–Crippen LogP) is 3.59. The van der Waals surface area contributed by atoms with Gasteiger partial charge >= 0.3 is 6.03 Å². The van der Waals surface area contributed by atoms with Crippen molar-refractivity contribution in [2.75, 3.05) is 5.75 Å². The molecule has 0 radical (unpaired) electrons. The molecular formula is C22H25N3O3S.